The Morgan fingerprint density at radius 2 is 1.82 bits per heavy atom. The smallest absolute Gasteiger partial charge is 0.316 e. The highest BCUT2D eigenvalue weighted by atomic mass is 35.5. The van der Waals surface area contributed by atoms with Crippen molar-refractivity contribution < 1.29 is 9.59 Å². The molecule has 0 aromatic heterocycles. The molecule has 0 spiro atoms. The van der Waals surface area contributed by atoms with E-state index in [1.54, 1.807) is 4.90 Å². The van der Waals surface area contributed by atoms with Crippen LogP contribution in [-0.4, -0.2) is 36.0 Å². The second kappa shape index (κ2) is 11.6. The second-order valence-corrected chi connectivity index (χ2v) is 4.30. The summed E-state index contributed by atoms with van der Waals surface area (Å²) in [5.41, 5.74) is 0. The maximum absolute atomic E-state index is 11.1. The number of nitrogens with zero attached hydrogens (tertiary/aromatic N) is 2. The molecule has 0 radical (unpaired) electrons. The number of unbranched alkanes of at least 4 members (excludes halogenated alkanes) is 4. The third-order valence-corrected chi connectivity index (χ3v) is 2.78. The standard InChI is InChI=1S/C12H21ClN2O2/c1-2-3-4-6-9-15(12(13)17)10-7-5-8-14-11-16/h2-10H2,1H3. The van der Waals surface area contributed by atoms with E-state index in [4.69, 9.17) is 11.6 Å². The van der Waals surface area contributed by atoms with Crippen LogP contribution in [0.4, 0.5) is 4.79 Å². The predicted octanol–water partition coefficient (Wildman–Crippen LogP) is 3.34. The first kappa shape index (κ1) is 16.1. The average molecular weight is 261 g/mol. The molecule has 0 rings (SSSR count). The van der Waals surface area contributed by atoms with E-state index < -0.39 is 0 Å². The Kier molecular flexibility index (Phi) is 11.0. The van der Waals surface area contributed by atoms with Crippen LogP contribution in [-0.2, 0) is 4.79 Å². The summed E-state index contributed by atoms with van der Waals surface area (Å²) in [7, 11) is 0. The van der Waals surface area contributed by atoms with Crippen molar-refractivity contribution in [2.45, 2.75) is 45.4 Å². The molecule has 0 aliphatic rings. The zero-order valence-corrected chi connectivity index (χ0v) is 11.2. The number of halogens is 1. The molecule has 5 heteroatoms. The number of isocyanates is 1. The summed E-state index contributed by atoms with van der Waals surface area (Å²) in [5, 5.41) is -0.389. The summed E-state index contributed by atoms with van der Waals surface area (Å²) >= 11 is 5.50. The van der Waals surface area contributed by atoms with Crippen LogP contribution >= 0.6 is 11.6 Å². The van der Waals surface area contributed by atoms with E-state index in [-0.39, 0.29) is 5.37 Å². The molecular formula is C12H21ClN2O2. The van der Waals surface area contributed by atoms with E-state index in [1.165, 1.54) is 18.9 Å². The SMILES string of the molecule is CCCCCCN(CCCCN=C=O)C(=O)Cl. The molecule has 0 aliphatic carbocycles. The Balaban J connectivity index is 3.67. The number of carbonyl (C=O) groups excluding carboxylic acids is 2. The zero-order valence-electron chi connectivity index (χ0n) is 10.5. The van der Waals surface area contributed by atoms with Crippen molar-refractivity contribution in [1.82, 2.24) is 4.90 Å². The van der Waals surface area contributed by atoms with Gasteiger partial charge in [-0.05, 0) is 30.9 Å². The van der Waals surface area contributed by atoms with Gasteiger partial charge in [0.05, 0.1) is 6.54 Å². The molecule has 0 bridgehead atoms. The van der Waals surface area contributed by atoms with Crippen molar-refractivity contribution in [1.29, 1.82) is 0 Å². The van der Waals surface area contributed by atoms with Gasteiger partial charge in [0.25, 0.3) is 0 Å². The molecule has 0 atom stereocenters. The minimum atomic E-state index is -0.389. The van der Waals surface area contributed by atoms with Gasteiger partial charge in [0.1, 0.15) is 0 Å². The topological polar surface area (TPSA) is 49.7 Å². The molecule has 0 aliphatic heterocycles. The van der Waals surface area contributed by atoms with Gasteiger partial charge in [-0.2, -0.15) is 0 Å². The van der Waals surface area contributed by atoms with Gasteiger partial charge in [-0.3, -0.25) is 4.79 Å². The molecule has 1 amide bonds. The first-order valence-electron chi connectivity index (χ1n) is 6.20. The Labute approximate surface area is 108 Å². The van der Waals surface area contributed by atoms with Crippen LogP contribution < -0.4 is 0 Å². The van der Waals surface area contributed by atoms with Gasteiger partial charge in [-0.25, -0.2) is 9.79 Å². The fourth-order valence-electron chi connectivity index (χ4n) is 1.56. The monoisotopic (exact) mass is 260 g/mol. The lowest BCUT2D eigenvalue weighted by Crippen LogP contribution is -2.28. The summed E-state index contributed by atoms with van der Waals surface area (Å²) < 4.78 is 0. The highest BCUT2D eigenvalue weighted by Crippen LogP contribution is 2.06. The molecule has 0 fully saturated rings. The number of carbonyl (C=O) groups is 1. The van der Waals surface area contributed by atoms with Crippen LogP contribution in [0.1, 0.15) is 45.4 Å². The van der Waals surface area contributed by atoms with E-state index in [1.807, 2.05) is 0 Å². The summed E-state index contributed by atoms with van der Waals surface area (Å²) in [5.74, 6) is 0. The lowest BCUT2D eigenvalue weighted by Gasteiger charge is -2.19. The molecule has 0 saturated carbocycles. The lowest BCUT2D eigenvalue weighted by molar-refractivity contribution is 0.219. The summed E-state index contributed by atoms with van der Waals surface area (Å²) in [4.78, 5) is 26.1. The lowest BCUT2D eigenvalue weighted by atomic mass is 10.2. The second-order valence-electron chi connectivity index (χ2n) is 3.98. The van der Waals surface area contributed by atoms with E-state index in [0.29, 0.717) is 13.1 Å². The average Bonchev–Trinajstić information content (AvgIpc) is 2.31. The van der Waals surface area contributed by atoms with Crippen molar-refractivity contribution in [3.8, 4) is 0 Å². The predicted molar refractivity (Wildman–Crippen MR) is 69.2 cm³/mol. The van der Waals surface area contributed by atoms with Crippen LogP contribution in [0.5, 0.6) is 0 Å². The van der Waals surface area contributed by atoms with Gasteiger partial charge < -0.3 is 4.90 Å². The van der Waals surface area contributed by atoms with Gasteiger partial charge in [0, 0.05) is 13.1 Å². The quantitative estimate of drug-likeness (QED) is 0.199. The highest BCUT2D eigenvalue weighted by molar-refractivity contribution is 6.62. The van der Waals surface area contributed by atoms with E-state index >= 15 is 0 Å². The summed E-state index contributed by atoms with van der Waals surface area (Å²) in [6.07, 6.45) is 7.60. The molecule has 17 heavy (non-hydrogen) atoms. The Morgan fingerprint density at radius 1 is 1.18 bits per heavy atom. The van der Waals surface area contributed by atoms with E-state index in [0.717, 1.165) is 32.2 Å². The maximum atomic E-state index is 11.1. The molecule has 0 unspecified atom stereocenters. The first-order valence-corrected chi connectivity index (χ1v) is 6.58. The highest BCUT2D eigenvalue weighted by Gasteiger charge is 2.09. The molecule has 0 aromatic rings. The van der Waals surface area contributed by atoms with Gasteiger partial charge >= 0.3 is 5.37 Å². The normalized spacial score (nSPS) is 9.76. The maximum Gasteiger partial charge on any atom is 0.316 e. The molecular weight excluding hydrogens is 240 g/mol. The number of hydrogen-bond donors (Lipinski definition) is 0. The van der Waals surface area contributed by atoms with Crippen LogP contribution in [0.3, 0.4) is 0 Å². The van der Waals surface area contributed by atoms with Crippen molar-refractivity contribution in [3.05, 3.63) is 0 Å². The van der Waals surface area contributed by atoms with E-state index in [9.17, 15) is 9.59 Å². The molecule has 0 heterocycles. The fourth-order valence-corrected chi connectivity index (χ4v) is 1.73. The van der Waals surface area contributed by atoms with Crippen molar-refractivity contribution in [3.63, 3.8) is 0 Å². The molecule has 4 nitrogen and oxygen atoms in total. The number of amides is 1. The Morgan fingerprint density at radius 3 is 2.35 bits per heavy atom. The fraction of sp³-hybridized carbons (Fsp3) is 0.833. The van der Waals surface area contributed by atoms with Crippen molar-refractivity contribution in [2.75, 3.05) is 19.6 Å². The van der Waals surface area contributed by atoms with Crippen molar-refractivity contribution in [2.24, 2.45) is 4.99 Å². The Hall–Kier alpha value is -0.860. The van der Waals surface area contributed by atoms with Gasteiger partial charge in [0.2, 0.25) is 6.08 Å². The minimum Gasteiger partial charge on any atom is -0.329 e. The minimum absolute atomic E-state index is 0.389. The van der Waals surface area contributed by atoms with Crippen LogP contribution in [0, 0.1) is 0 Å². The summed E-state index contributed by atoms with van der Waals surface area (Å²) in [6.45, 7) is 3.99. The van der Waals surface area contributed by atoms with Crippen molar-refractivity contribution >= 4 is 23.0 Å². The van der Waals surface area contributed by atoms with Crippen LogP contribution in [0.15, 0.2) is 4.99 Å². The number of hydrogen-bond acceptors (Lipinski definition) is 3. The van der Waals surface area contributed by atoms with Crippen LogP contribution in [0.2, 0.25) is 0 Å². The number of aliphatic imine (C=N–C) groups is 1. The molecule has 0 aromatic carbocycles. The Bertz CT molecular complexity index is 253. The number of rotatable bonds is 10. The van der Waals surface area contributed by atoms with Gasteiger partial charge in [0.15, 0.2) is 0 Å². The zero-order chi connectivity index (χ0) is 12.9. The van der Waals surface area contributed by atoms with E-state index in [2.05, 4.69) is 11.9 Å². The molecule has 0 saturated heterocycles. The third kappa shape index (κ3) is 10.0. The summed E-state index contributed by atoms with van der Waals surface area (Å²) in [6, 6.07) is 0. The molecule has 98 valence electrons. The van der Waals surface area contributed by atoms with Crippen LogP contribution in [0.25, 0.3) is 0 Å². The van der Waals surface area contributed by atoms with Gasteiger partial charge in [-0.1, -0.05) is 26.2 Å². The van der Waals surface area contributed by atoms with Gasteiger partial charge in [-0.15, -0.1) is 0 Å². The third-order valence-electron chi connectivity index (χ3n) is 2.54. The first-order chi connectivity index (χ1) is 8.22. The largest absolute Gasteiger partial charge is 0.329 e. The molecule has 0 N–H and O–H groups in total.